The zero-order valence-electron chi connectivity index (χ0n) is 16.5. The van der Waals surface area contributed by atoms with Crippen LogP contribution >= 0.6 is 0 Å². The van der Waals surface area contributed by atoms with Crippen LogP contribution in [0.5, 0.6) is 11.5 Å². The Hall–Kier alpha value is -3.02. The maximum atomic E-state index is 12.2. The van der Waals surface area contributed by atoms with Crippen LogP contribution in [0.2, 0.25) is 0 Å². The number of ether oxygens (including phenoxy) is 3. The van der Waals surface area contributed by atoms with Crippen molar-refractivity contribution in [2.45, 2.75) is 26.3 Å². The zero-order valence-corrected chi connectivity index (χ0v) is 16.5. The van der Waals surface area contributed by atoms with E-state index in [1.807, 2.05) is 30.3 Å². The summed E-state index contributed by atoms with van der Waals surface area (Å²) in [4.78, 5) is 24.0. The lowest BCUT2D eigenvalue weighted by molar-refractivity contribution is -0.150. The average Bonchev–Trinajstić information content (AvgIpc) is 2.71. The molecule has 0 radical (unpaired) electrons. The van der Waals surface area contributed by atoms with Gasteiger partial charge in [0.05, 0.1) is 13.2 Å². The van der Waals surface area contributed by atoms with Crippen LogP contribution in [-0.4, -0.2) is 32.2 Å². The SMILES string of the molecule is COc1ccc(OCC(=O)OCC(=O)N[C@H](CC(C)C)c2ccccc2)cc1. The Kier molecular flexibility index (Phi) is 8.34. The molecule has 0 aromatic heterocycles. The molecule has 0 aliphatic heterocycles. The third kappa shape index (κ3) is 7.31. The van der Waals surface area contributed by atoms with Crippen LogP contribution in [0.15, 0.2) is 54.6 Å². The number of amides is 1. The van der Waals surface area contributed by atoms with Crippen LogP contribution in [0.3, 0.4) is 0 Å². The number of esters is 1. The van der Waals surface area contributed by atoms with Crippen LogP contribution in [-0.2, 0) is 14.3 Å². The van der Waals surface area contributed by atoms with E-state index in [-0.39, 0.29) is 25.2 Å². The topological polar surface area (TPSA) is 73.9 Å². The smallest absolute Gasteiger partial charge is 0.344 e. The number of hydrogen-bond acceptors (Lipinski definition) is 5. The Morgan fingerprint density at radius 3 is 2.18 bits per heavy atom. The van der Waals surface area contributed by atoms with E-state index < -0.39 is 5.97 Å². The molecule has 2 rings (SSSR count). The minimum absolute atomic E-state index is 0.122. The zero-order chi connectivity index (χ0) is 20.4. The highest BCUT2D eigenvalue weighted by Crippen LogP contribution is 2.21. The summed E-state index contributed by atoms with van der Waals surface area (Å²) in [5.41, 5.74) is 1.03. The normalized spacial score (nSPS) is 11.6. The van der Waals surface area contributed by atoms with Crippen molar-refractivity contribution in [1.29, 1.82) is 0 Å². The largest absolute Gasteiger partial charge is 0.497 e. The second-order valence-corrected chi connectivity index (χ2v) is 6.79. The Balaban J connectivity index is 1.78. The summed E-state index contributed by atoms with van der Waals surface area (Å²) in [5.74, 6) is 0.675. The molecule has 0 aliphatic rings. The first-order valence-electron chi connectivity index (χ1n) is 9.24. The molecular formula is C22H27NO5. The molecule has 1 atom stereocenters. The quantitative estimate of drug-likeness (QED) is 0.634. The van der Waals surface area contributed by atoms with Crippen molar-refractivity contribution in [1.82, 2.24) is 5.32 Å². The molecule has 0 bridgehead atoms. The third-order valence-electron chi connectivity index (χ3n) is 4.02. The highest BCUT2D eigenvalue weighted by molar-refractivity contribution is 5.81. The van der Waals surface area contributed by atoms with E-state index in [4.69, 9.17) is 14.2 Å². The van der Waals surface area contributed by atoms with Crippen molar-refractivity contribution >= 4 is 11.9 Å². The Morgan fingerprint density at radius 1 is 0.929 bits per heavy atom. The van der Waals surface area contributed by atoms with Gasteiger partial charge in [0.15, 0.2) is 13.2 Å². The maximum absolute atomic E-state index is 12.2. The number of carbonyl (C=O) groups is 2. The molecule has 1 N–H and O–H groups in total. The minimum atomic E-state index is -0.605. The predicted octanol–water partition coefficient (Wildman–Crippen LogP) is 3.52. The van der Waals surface area contributed by atoms with Gasteiger partial charge in [-0.3, -0.25) is 4.79 Å². The number of carbonyl (C=O) groups excluding carboxylic acids is 2. The first kappa shape index (κ1) is 21.3. The second-order valence-electron chi connectivity index (χ2n) is 6.79. The average molecular weight is 385 g/mol. The van der Waals surface area contributed by atoms with Crippen LogP contribution in [0.25, 0.3) is 0 Å². The van der Waals surface area contributed by atoms with Gasteiger partial charge in [-0.25, -0.2) is 4.79 Å². The Bertz CT molecular complexity index is 743. The standard InChI is InChI=1S/C22H27NO5/c1-16(2)13-20(17-7-5-4-6-8-17)23-21(24)14-28-22(25)15-27-19-11-9-18(26-3)10-12-19/h4-12,16,20H,13-15H2,1-3H3,(H,23,24)/t20-/m1/s1. The monoisotopic (exact) mass is 385 g/mol. The molecule has 28 heavy (non-hydrogen) atoms. The molecule has 6 heteroatoms. The van der Waals surface area contributed by atoms with E-state index in [0.29, 0.717) is 17.4 Å². The van der Waals surface area contributed by atoms with E-state index in [9.17, 15) is 9.59 Å². The van der Waals surface area contributed by atoms with Gasteiger partial charge in [0.2, 0.25) is 0 Å². The molecule has 0 unspecified atom stereocenters. The van der Waals surface area contributed by atoms with Crippen molar-refractivity contribution in [2.75, 3.05) is 20.3 Å². The van der Waals surface area contributed by atoms with Gasteiger partial charge in [0, 0.05) is 0 Å². The van der Waals surface area contributed by atoms with Gasteiger partial charge >= 0.3 is 5.97 Å². The third-order valence-corrected chi connectivity index (χ3v) is 4.02. The predicted molar refractivity (Wildman–Crippen MR) is 106 cm³/mol. The van der Waals surface area contributed by atoms with E-state index in [1.165, 1.54) is 0 Å². The van der Waals surface area contributed by atoms with Crippen LogP contribution in [0.4, 0.5) is 0 Å². The van der Waals surface area contributed by atoms with Crippen LogP contribution in [0, 0.1) is 5.92 Å². The lowest BCUT2D eigenvalue weighted by atomic mass is 9.97. The van der Waals surface area contributed by atoms with Crippen molar-refractivity contribution < 1.29 is 23.8 Å². The van der Waals surface area contributed by atoms with Gasteiger partial charge in [-0.05, 0) is 42.2 Å². The van der Waals surface area contributed by atoms with E-state index >= 15 is 0 Å². The summed E-state index contributed by atoms with van der Waals surface area (Å²) in [7, 11) is 1.57. The summed E-state index contributed by atoms with van der Waals surface area (Å²) in [6.45, 7) is 3.58. The molecule has 1 amide bonds. The summed E-state index contributed by atoms with van der Waals surface area (Å²) in [5, 5.41) is 2.94. The van der Waals surface area contributed by atoms with Crippen molar-refractivity contribution in [3.05, 3.63) is 60.2 Å². The van der Waals surface area contributed by atoms with E-state index in [1.54, 1.807) is 31.4 Å². The summed E-state index contributed by atoms with van der Waals surface area (Å²) >= 11 is 0. The van der Waals surface area contributed by atoms with Gasteiger partial charge < -0.3 is 19.5 Å². The molecule has 0 aliphatic carbocycles. The highest BCUT2D eigenvalue weighted by Gasteiger charge is 2.17. The summed E-state index contributed by atoms with van der Waals surface area (Å²) < 4.78 is 15.4. The highest BCUT2D eigenvalue weighted by atomic mass is 16.6. The first-order chi connectivity index (χ1) is 13.5. The number of benzene rings is 2. The van der Waals surface area contributed by atoms with Gasteiger partial charge in [0.1, 0.15) is 11.5 Å². The molecule has 0 saturated heterocycles. The fourth-order valence-electron chi connectivity index (χ4n) is 2.67. The Morgan fingerprint density at radius 2 is 1.57 bits per heavy atom. The molecular weight excluding hydrogens is 358 g/mol. The lowest BCUT2D eigenvalue weighted by Crippen LogP contribution is -2.33. The van der Waals surface area contributed by atoms with Crippen LogP contribution < -0.4 is 14.8 Å². The number of rotatable bonds is 10. The van der Waals surface area contributed by atoms with Crippen molar-refractivity contribution in [2.24, 2.45) is 5.92 Å². The first-order valence-corrected chi connectivity index (χ1v) is 9.24. The van der Waals surface area contributed by atoms with Crippen molar-refractivity contribution in [3.63, 3.8) is 0 Å². The lowest BCUT2D eigenvalue weighted by Gasteiger charge is -2.21. The number of nitrogens with one attached hydrogen (secondary N) is 1. The fourth-order valence-corrected chi connectivity index (χ4v) is 2.67. The summed E-state index contributed by atoms with van der Waals surface area (Å²) in [6.07, 6.45) is 0.796. The van der Waals surface area contributed by atoms with Gasteiger partial charge in [-0.1, -0.05) is 44.2 Å². The van der Waals surface area contributed by atoms with Gasteiger partial charge in [-0.15, -0.1) is 0 Å². The number of methoxy groups -OCH3 is 1. The van der Waals surface area contributed by atoms with Crippen LogP contribution in [0.1, 0.15) is 31.9 Å². The molecule has 0 spiro atoms. The second kappa shape index (κ2) is 11.0. The molecule has 2 aromatic carbocycles. The fraction of sp³-hybridized carbons (Fsp3) is 0.364. The molecule has 0 heterocycles. The number of hydrogen-bond donors (Lipinski definition) is 1. The minimum Gasteiger partial charge on any atom is -0.497 e. The van der Waals surface area contributed by atoms with Crippen molar-refractivity contribution in [3.8, 4) is 11.5 Å². The van der Waals surface area contributed by atoms with E-state index in [0.717, 1.165) is 12.0 Å². The van der Waals surface area contributed by atoms with E-state index in [2.05, 4.69) is 19.2 Å². The molecule has 2 aromatic rings. The molecule has 0 saturated carbocycles. The Labute approximate surface area is 165 Å². The molecule has 6 nitrogen and oxygen atoms in total. The summed E-state index contributed by atoms with van der Waals surface area (Å²) in [6, 6.07) is 16.5. The molecule has 0 fully saturated rings. The maximum Gasteiger partial charge on any atom is 0.344 e. The van der Waals surface area contributed by atoms with Gasteiger partial charge in [0.25, 0.3) is 5.91 Å². The van der Waals surface area contributed by atoms with Gasteiger partial charge in [-0.2, -0.15) is 0 Å². The molecule has 150 valence electrons.